The van der Waals surface area contributed by atoms with E-state index in [9.17, 15) is 17.6 Å². The fourth-order valence-corrected chi connectivity index (χ4v) is 3.80. The summed E-state index contributed by atoms with van der Waals surface area (Å²) in [4.78, 5) is 12.3. The molecule has 162 valence electrons. The monoisotopic (exact) mass is 442 g/mol. The molecular formula is C23H23FN2O4S. The number of benzene rings is 3. The minimum absolute atomic E-state index is 0.0583. The third-order valence-electron chi connectivity index (χ3n) is 4.43. The van der Waals surface area contributed by atoms with E-state index in [1.807, 2.05) is 19.1 Å². The minimum atomic E-state index is -3.75. The van der Waals surface area contributed by atoms with Gasteiger partial charge in [-0.1, -0.05) is 29.8 Å². The van der Waals surface area contributed by atoms with Crippen LogP contribution in [-0.4, -0.2) is 27.5 Å². The molecule has 0 aliphatic carbocycles. The predicted octanol–water partition coefficient (Wildman–Crippen LogP) is 4.13. The van der Waals surface area contributed by atoms with Gasteiger partial charge in [-0.05, 0) is 61.9 Å². The Kier molecular flexibility index (Phi) is 7.25. The third-order valence-corrected chi connectivity index (χ3v) is 5.83. The van der Waals surface area contributed by atoms with Crippen molar-refractivity contribution in [1.82, 2.24) is 5.32 Å². The maximum Gasteiger partial charge on any atom is 0.261 e. The number of sulfonamides is 1. The van der Waals surface area contributed by atoms with Crippen molar-refractivity contribution in [3.8, 4) is 5.75 Å². The Morgan fingerprint density at radius 2 is 1.65 bits per heavy atom. The Bertz CT molecular complexity index is 1130. The standard InChI is InChI=1S/C23H23FN2O4S/c1-17-7-11-19(12-8-17)26-31(28,29)20-13-9-18(10-14-20)23(27)25-15-4-16-30-22-6-3-2-5-21(22)24/h2-3,5-14,26H,4,15-16H2,1H3,(H,25,27). The Morgan fingerprint density at radius 3 is 2.32 bits per heavy atom. The summed E-state index contributed by atoms with van der Waals surface area (Å²) in [6.45, 7) is 2.50. The molecule has 0 aliphatic heterocycles. The molecule has 3 rings (SSSR count). The molecule has 0 aliphatic rings. The van der Waals surface area contributed by atoms with E-state index in [-0.39, 0.29) is 23.2 Å². The maximum atomic E-state index is 13.5. The molecular weight excluding hydrogens is 419 g/mol. The van der Waals surface area contributed by atoms with Crippen LogP contribution in [0.5, 0.6) is 5.75 Å². The number of rotatable bonds is 9. The molecule has 0 saturated carbocycles. The van der Waals surface area contributed by atoms with Gasteiger partial charge in [0.2, 0.25) is 0 Å². The van der Waals surface area contributed by atoms with Crippen molar-refractivity contribution in [1.29, 1.82) is 0 Å². The average Bonchev–Trinajstić information content (AvgIpc) is 2.76. The van der Waals surface area contributed by atoms with Gasteiger partial charge in [-0.25, -0.2) is 12.8 Å². The summed E-state index contributed by atoms with van der Waals surface area (Å²) >= 11 is 0. The fraction of sp³-hybridized carbons (Fsp3) is 0.174. The van der Waals surface area contributed by atoms with Crippen LogP contribution in [0.2, 0.25) is 0 Å². The topological polar surface area (TPSA) is 84.5 Å². The first-order valence-corrected chi connectivity index (χ1v) is 11.2. The summed E-state index contributed by atoms with van der Waals surface area (Å²) in [5.74, 6) is -0.593. The second-order valence-electron chi connectivity index (χ2n) is 6.88. The normalized spacial score (nSPS) is 11.0. The van der Waals surface area contributed by atoms with Gasteiger partial charge in [-0.2, -0.15) is 0 Å². The summed E-state index contributed by atoms with van der Waals surface area (Å²) < 4.78 is 46.3. The van der Waals surface area contributed by atoms with Crippen molar-refractivity contribution in [3.63, 3.8) is 0 Å². The van der Waals surface area contributed by atoms with Crippen LogP contribution in [0.3, 0.4) is 0 Å². The maximum absolute atomic E-state index is 13.5. The zero-order chi connectivity index (χ0) is 22.3. The molecule has 0 bridgehead atoms. The van der Waals surface area contributed by atoms with Crippen LogP contribution in [0, 0.1) is 12.7 Å². The summed E-state index contributed by atoms with van der Waals surface area (Å²) in [5.41, 5.74) is 1.83. The van der Waals surface area contributed by atoms with Gasteiger partial charge in [0.05, 0.1) is 11.5 Å². The van der Waals surface area contributed by atoms with Crippen LogP contribution in [0.25, 0.3) is 0 Å². The lowest BCUT2D eigenvalue weighted by Gasteiger charge is -2.10. The second-order valence-corrected chi connectivity index (χ2v) is 8.57. The molecule has 0 fully saturated rings. The number of carbonyl (C=O) groups excluding carboxylic acids is 1. The Hall–Kier alpha value is -3.39. The molecule has 8 heteroatoms. The van der Waals surface area contributed by atoms with Gasteiger partial charge in [0.1, 0.15) is 0 Å². The number of halogens is 1. The predicted molar refractivity (Wildman–Crippen MR) is 117 cm³/mol. The van der Waals surface area contributed by atoms with Gasteiger partial charge in [-0.3, -0.25) is 9.52 Å². The van der Waals surface area contributed by atoms with E-state index >= 15 is 0 Å². The summed E-state index contributed by atoms with van der Waals surface area (Å²) in [5, 5.41) is 2.73. The number of hydrogen-bond donors (Lipinski definition) is 2. The van der Waals surface area contributed by atoms with Crippen molar-refractivity contribution in [2.45, 2.75) is 18.2 Å². The number of hydrogen-bond acceptors (Lipinski definition) is 4. The van der Waals surface area contributed by atoms with Crippen LogP contribution < -0.4 is 14.8 Å². The zero-order valence-electron chi connectivity index (χ0n) is 17.0. The van der Waals surface area contributed by atoms with Crippen LogP contribution in [-0.2, 0) is 10.0 Å². The molecule has 0 saturated heterocycles. The van der Waals surface area contributed by atoms with E-state index in [1.165, 1.54) is 36.4 Å². The molecule has 2 N–H and O–H groups in total. The van der Waals surface area contributed by atoms with Crippen LogP contribution >= 0.6 is 0 Å². The molecule has 0 atom stereocenters. The lowest BCUT2D eigenvalue weighted by atomic mass is 10.2. The van der Waals surface area contributed by atoms with E-state index in [1.54, 1.807) is 24.3 Å². The SMILES string of the molecule is Cc1ccc(NS(=O)(=O)c2ccc(C(=O)NCCCOc3ccccc3F)cc2)cc1. The van der Waals surface area contributed by atoms with Gasteiger partial charge >= 0.3 is 0 Å². The summed E-state index contributed by atoms with van der Waals surface area (Å²) in [6.07, 6.45) is 0.493. The first kappa shape index (κ1) is 22.3. The number of carbonyl (C=O) groups is 1. The van der Waals surface area contributed by atoms with Crippen molar-refractivity contribution < 1.29 is 22.3 Å². The number of aryl methyl sites for hydroxylation is 1. The van der Waals surface area contributed by atoms with E-state index in [0.717, 1.165) is 5.56 Å². The summed E-state index contributed by atoms with van der Waals surface area (Å²) in [6, 6.07) is 18.8. The number of amides is 1. The second kappa shape index (κ2) is 10.1. The molecule has 3 aromatic rings. The van der Waals surface area contributed by atoms with E-state index in [2.05, 4.69) is 10.0 Å². The highest BCUT2D eigenvalue weighted by Crippen LogP contribution is 2.17. The molecule has 0 spiro atoms. The number of para-hydroxylation sites is 1. The van der Waals surface area contributed by atoms with Crippen LogP contribution in [0.4, 0.5) is 10.1 Å². The highest BCUT2D eigenvalue weighted by Gasteiger charge is 2.15. The molecule has 1 amide bonds. The highest BCUT2D eigenvalue weighted by molar-refractivity contribution is 7.92. The number of ether oxygens (including phenoxy) is 1. The third kappa shape index (κ3) is 6.29. The molecule has 0 radical (unpaired) electrons. The molecule has 0 unspecified atom stereocenters. The van der Waals surface area contributed by atoms with Crippen molar-refractivity contribution in [2.24, 2.45) is 0 Å². The lowest BCUT2D eigenvalue weighted by molar-refractivity contribution is 0.0951. The van der Waals surface area contributed by atoms with Gasteiger partial charge < -0.3 is 10.1 Å². The first-order chi connectivity index (χ1) is 14.8. The lowest BCUT2D eigenvalue weighted by Crippen LogP contribution is -2.25. The Balaban J connectivity index is 1.49. The molecule has 6 nitrogen and oxygen atoms in total. The Labute approximate surface area is 181 Å². The number of nitrogens with one attached hydrogen (secondary N) is 2. The summed E-state index contributed by atoms with van der Waals surface area (Å²) in [7, 11) is -3.75. The minimum Gasteiger partial charge on any atom is -0.490 e. The van der Waals surface area contributed by atoms with Crippen LogP contribution in [0.1, 0.15) is 22.3 Å². The van der Waals surface area contributed by atoms with Gasteiger partial charge in [0, 0.05) is 17.8 Å². The van der Waals surface area contributed by atoms with E-state index < -0.39 is 15.8 Å². The van der Waals surface area contributed by atoms with Crippen molar-refractivity contribution in [3.05, 3.63) is 89.7 Å². The largest absolute Gasteiger partial charge is 0.490 e. The molecule has 0 heterocycles. The molecule has 0 aromatic heterocycles. The first-order valence-electron chi connectivity index (χ1n) is 9.70. The van der Waals surface area contributed by atoms with E-state index in [0.29, 0.717) is 24.2 Å². The quantitative estimate of drug-likeness (QED) is 0.488. The smallest absolute Gasteiger partial charge is 0.261 e. The van der Waals surface area contributed by atoms with Crippen molar-refractivity contribution in [2.75, 3.05) is 17.9 Å². The number of anilines is 1. The fourth-order valence-electron chi connectivity index (χ4n) is 2.74. The molecule has 3 aromatic carbocycles. The Morgan fingerprint density at radius 1 is 0.968 bits per heavy atom. The molecule has 31 heavy (non-hydrogen) atoms. The van der Waals surface area contributed by atoms with Gasteiger partial charge in [-0.15, -0.1) is 0 Å². The van der Waals surface area contributed by atoms with E-state index in [4.69, 9.17) is 4.74 Å². The van der Waals surface area contributed by atoms with Crippen LogP contribution in [0.15, 0.2) is 77.7 Å². The zero-order valence-corrected chi connectivity index (χ0v) is 17.8. The average molecular weight is 443 g/mol. The highest BCUT2D eigenvalue weighted by atomic mass is 32.2. The van der Waals surface area contributed by atoms with Gasteiger partial charge in [0.25, 0.3) is 15.9 Å². The van der Waals surface area contributed by atoms with Crippen molar-refractivity contribution >= 4 is 21.6 Å². The van der Waals surface area contributed by atoms with Gasteiger partial charge in [0.15, 0.2) is 11.6 Å².